The topological polar surface area (TPSA) is 87.3 Å². The molecule has 1 aromatic carbocycles. The van der Waals surface area contributed by atoms with Gasteiger partial charge in [0, 0.05) is 4.88 Å². The molecule has 1 aliphatic carbocycles. The van der Waals surface area contributed by atoms with Gasteiger partial charge in [0.05, 0.1) is 5.39 Å². The van der Waals surface area contributed by atoms with E-state index in [0.29, 0.717) is 17.4 Å². The van der Waals surface area contributed by atoms with E-state index in [1.54, 1.807) is 11.3 Å². The molecule has 0 fully saturated rings. The predicted molar refractivity (Wildman–Crippen MR) is 110 cm³/mol. The van der Waals surface area contributed by atoms with Crippen LogP contribution in [0.1, 0.15) is 40.2 Å². The number of benzene rings is 1. The van der Waals surface area contributed by atoms with Crippen LogP contribution in [0.4, 0.5) is 5.82 Å². The zero-order chi connectivity index (χ0) is 19.7. The number of aryl methyl sites for hydroxylation is 4. The summed E-state index contributed by atoms with van der Waals surface area (Å²) in [6.07, 6.45) is 4.50. The first-order valence-electron chi connectivity index (χ1n) is 9.43. The van der Waals surface area contributed by atoms with Gasteiger partial charge in [-0.2, -0.15) is 0 Å². The van der Waals surface area contributed by atoms with Crippen molar-refractivity contribution < 1.29 is 14.3 Å². The number of fused-ring (bicyclic) bond motifs is 3. The predicted octanol–water partition coefficient (Wildman–Crippen LogP) is 3.89. The van der Waals surface area contributed by atoms with Crippen LogP contribution in [0.2, 0.25) is 0 Å². The van der Waals surface area contributed by atoms with Crippen LogP contribution in [-0.2, 0) is 29.0 Å². The van der Waals surface area contributed by atoms with Crippen LogP contribution in [0, 0.1) is 13.8 Å². The van der Waals surface area contributed by atoms with Gasteiger partial charge in [-0.25, -0.2) is 14.8 Å². The SMILES string of the molecule is Cc1ccc(C)c(OCC(=O)OCc2nc(N)c3c4c(sc3n2)CCCC4)c1. The van der Waals surface area contributed by atoms with Gasteiger partial charge < -0.3 is 15.2 Å². The lowest BCUT2D eigenvalue weighted by Crippen LogP contribution is -2.16. The third kappa shape index (κ3) is 3.80. The maximum absolute atomic E-state index is 12.1. The Morgan fingerprint density at radius 1 is 1.21 bits per heavy atom. The van der Waals surface area contributed by atoms with Crippen molar-refractivity contribution in [3.8, 4) is 5.75 Å². The Balaban J connectivity index is 1.41. The van der Waals surface area contributed by atoms with Crippen molar-refractivity contribution in [2.24, 2.45) is 0 Å². The lowest BCUT2D eigenvalue weighted by atomic mass is 9.97. The summed E-state index contributed by atoms with van der Waals surface area (Å²) in [6.45, 7) is 3.74. The van der Waals surface area contributed by atoms with E-state index in [-0.39, 0.29) is 13.2 Å². The van der Waals surface area contributed by atoms with Crippen LogP contribution >= 0.6 is 11.3 Å². The van der Waals surface area contributed by atoms with Crippen molar-refractivity contribution in [1.82, 2.24) is 9.97 Å². The number of carbonyl (C=O) groups excluding carboxylic acids is 1. The summed E-state index contributed by atoms with van der Waals surface area (Å²) in [5.41, 5.74) is 9.54. The molecule has 146 valence electrons. The molecule has 7 heteroatoms. The van der Waals surface area contributed by atoms with Gasteiger partial charge in [0.15, 0.2) is 19.0 Å². The Bertz CT molecular complexity index is 1050. The first kappa shape index (κ1) is 18.7. The number of esters is 1. The molecule has 2 heterocycles. The molecule has 1 aliphatic rings. The van der Waals surface area contributed by atoms with E-state index < -0.39 is 5.97 Å². The molecular weight excluding hydrogens is 374 g/mol. The van der Waals surface area contributed by atoms with E-state index in [4.69, 9.17) is 15.2 Å². The Hall–Kier alpha value is -2.67. The monoisotopic (exact) mass is 397 g/mol. The normalized spacial score (nSPS) is 13.4. The summed E-state index contributed by atoms with van der Waals surface area (Å²) in [4.78, 5) is 23.2. The van der Waals surface area contributed by atoms with E-state index in [2.05, 4.69) is 9.97 Å². The molecule has 0 bridgehead atoms. The third-order valence-corrected chi connectivity index (χ3v) is 6.13. The minimum absolute atomic E-state index is 0.0162. The van der Waals surface area contributed by atoms with Crippen molar-refractivity contribution >= 4 is 33.3 Å². The van der Waals surface area contributed by atoms with Gasteiger partial charge in [0.2, 0.25) is 0 Å². The van der Waals surface area contributed by atoms with Gasteiger partial charge in [-0.1, -0.05) is 12.1 Å². The Labute approximate surface area is 167 Å². The lowest BCUT2D eigenvalue weighted by Gasteiger charge is -2.11. The Kier molecular flexibility index (Phi) is 5.17. The lowest BCUT2D eigenvalue weighted by molar-refractivity contribution is -0.147. The van der Waals surface area contributed by atoms with Crippen LogP contribution in [0.25, 0.3) is 10.2 Å². The van der Waals surface area contributed by atoms with Gasteiger partial charge >= 0.3 is 5.97 Å². The van der Waals surface area contributed by atoms with Crippen LogP contribution < -0.4 is 10.5 Å². The Morgan fingerprint density at radius 3 is 2.89 bits per heavy atom. The highest BCUT2D eigenvalue weighted by atomic mass is 32.1. The molecule has 0 saturated carbocycles. The van der Waals surface area contributed by atoms with E-state index in [0.717, 1.165) is 34.2 Å². The van der Waals surface area contributed by atoms with Crippen molar-refractivity contribution in [3.63, 3.8) is 0 Å². The van der Waals surface area contributed by atoms with Crippen molar-refractivity contribution in [3.05, 3.63) is 45.6 Å². The van der Waals surface area contributed by atoms with Crippen LogP contribution in [0.15, 0.2) is 18.2 Å². The van der Waals surface area contributed by atoms with Gasteiger partial charge in [0.25, 0.3) is 0 Å². The Morgan fingerprint density at radius 2 is 2.04 bits per heavy atom. The highest BCUT2D eigenvalue weighted by molar-refractivity contribution is 7.19. The maximum atomic E-state index is 12.1. The highest BCUT2D eigenvalue weighted by Crippen LogP contribution is 2.37. The molecule has 0 amide bonds. The second-order valence-corrected chi connectivity index (χ2v) is 8.22. The summed E-state index contributed by atoms with van der Waals surface area (Å²) in [6, 6.07) is 5.86. The van der Waals surface area contributed by atoms with Crippen LogP contribution in [0.5, 0.6) is 5.75 Å². The fourth-order valence-corrected chi connectivity index (χ4v) is 4.77. The molecule has 28 heavy (non-hydrogen) atoms. The minimum atomic E-state index is -0.464. The molecule has 0 saturated heterocycles. The van der Waals surface area contributed by atoms with Gasteiger partial charge in [-0.15, -0.1) is 11.3 Å². The molecule has 0 unspecified atom stereocenters. The first-order chi connectivity index (χ1) is 13.5. The summed E-state index contributed by atoms with van der Waals surface area (Å²) in [5, 5.41) is 0.980. The standard InChI is InChI=1S/C21H23N3O3S/c1-12-7-8-13(2)15(9-12)26-11-18(25)27-10-17-23-20(22)19-14-5-3-4-6-16(14)28-21(19)24-17/h7-9H,3-6,10-11H2,1-2H3,(H2,22,23,24). The zero-order valence-corrected chi connectivity index (χ0v) is 16.9. The summed E-state index contributed by atoms with van der Waals surface area (Å²) in [7, 11) is 0. The number of ether oxygens (including phenoxy) is 2. The number of nitrogens with two attached hydrogens (primary N) is 1. The molecule has 0 spiro atoms. The number of thiophene rings is 1. The number of carbonyl (C=O) groups is 1. The molecule has 0 aliphatic heterocycles. The first-order valence-corrected chi connectivity index (χ1v) is 10.2. The molecule has 0 radical (unpaired) electrons. The highest BCUT2D eigenvalue weighted by Gasteiger charge is 2.20. The maximum Gasteiger partial charge on any atom is 0.344 e. The molecule has 0 atom stereocenters. The molecular formula is C21H23N3O3S. The largest absolute Gasteiger partial charge is 0.482 e. The second-order valence-electron chi connectivity index (χ2n) is 7.13. The molecule has 2 aromatic heterocycles. The minimum Gasteiger partial charge on any atom is -0.482 e. The smallest absolute Gasteiger partial charge is 0.344 e. The number of hydrogen-bond donors (Lipinski definition) is 1. The van der Waals surface area contributed by atoms with E-state index in [1.165, 1.54) is 23.3 Å². The number of aromatic nitrogens is 2. The fourth-order valence-electron chi connectivity index (χ4n) is 3.48. The van der Waals surface area contributed by atoms with E-state index in [9.17, 15) is 4.79 Å². The molecule has 4 rings (SSSR count). The average Bonchev–Trinajstić information content (AvgIpc) is 3.06. The summed E-state index contributed by atoms with van der Waals surface area (Å²) in [5.74, 6) is 1.11. The van der Waals surface area contributed by atoms with Gasteiger partial charge in [-0.3, -0.25) is 0 Å². The quantitative estimate of drug-likeness (QED) is 0.657. The second kappa shape index (κ2) is 7.75. The molecule has 2 N–H and O–H groups in total. The number of anilines is 1. The number of rotatable bonds is 5. The third-order valence-electron chi connectivity index (χ3n) is 4.94. The van der Waals surface area contributed by atoms with Crippen molar-refractivity contribution in [2.75, 3.05) is 12.3 Å². The van der Waals surface area contributed by atoms with Crippen molar-refractivity contribution in [1.29, 1.82) is 0 Å². The number of hydrogen-bond acceptors (Lipinski definition) is 7. The van der Waals surface area contributed by atoms with Crippen LogP contribution in [0.3, 0.4) is 0 Å². The number of nitrogen functional groups attached to an aromatic ring is 1. The molecule has 6 nitrogen and oxygen atoms in total. The summed E-state index contributed by atoms with van der Waals surface area (Å²) >= 11 is 1.68. The number of nitrogens with zero attached hydrogens (tertiary/aromatic N) is 2. The van der Waals surface area contributed by atoms with E-state index >= 15 is 0 Å². The fraction of sp³-hybridized carbons (Fsp3) is 0.381. The molecule has 3 aromatic rings. The zero-order valence-electron chi connectivity index (χ0n) is 16.1. The van der Waals surface area contributed by atoms with E-state index in [1.807, 2.05) is 32.0 Å². The van der Waals surface area contributed by atoms with Crippen molar-refractivity contribution in [2.45, 2.75) is 46.1 Å². The van der Waals surface area contributed by atoms with Crippen LogP contribution in [-0.4, -0.2) is 22.5 Å². The van der Waals surface area contributed by atoms with Gasteiger partial charge in [-0.05, 0) is 62.3 Å². The average molecular weight is 398 g/mol. The summed E-state index contributed by atoms with van der Waals surface area (Å²) < 4.78 is 10.9. The van der Waals surface area contributed by atoms with Gasteiger partial charge in [0.1, 0.15) is 16.4 Å².